The number of rotatable bonds is 11. The third kappa shape index (κ3) is 14.0. The predicted molar refractivity (Wildman–Crippen MR) is 129 cm³/mol. The maximum Gasteiger partial charge on any atom is 0.333 e. The van der Waals surface area contributed by atoms with Gasteiger partial charge in [-0.25, -0.2) is 9.59 Å². The molecule has 0 fully saturated rings. The molecule has 1 unspecified atom stereocenters. The number of likely N-dealkylation sites (N-methyl/N-ethyl adjacent to an activating group) is 1. The molecule has 0 spiro atoms. The van der Waals surface area contributed by atoms with Crippen LogP contribution in [0, 0.1) is 0 Å². The van der Waals surface area contributed by atoms with Gasteiger partial charge >= 0.3 is 11.9 Å². The standard InChI is InChI=1S/C12H14O5S.C10H18NO4P/c1-9(2)12(13)17-8-7-10-5-3-4-6-11(10)18(14,15)16;1-5-9(12)15-6-7-16(14)10(13)8-11(2,3)4/h3-6H,1,7-8H2,2H3,(H,14,15,16);5H,1,6-8H2,2-4H3/p+1. The SMILES string of the molecule is C=C(C)C(=O)OCCc1ccccc1S(=O)(=O)O.C=CC(=O)OCC/[P+]([O-])=C(\O)C[N+](C)(C)C. The van der Waals surface area contributed by atoms with Gasteiger partial charge < -0.3 is 24.0 Å². The highest BCUT2D eigenvalue weighted by Gasteiger charge is 2.17. The van der Waals surface area contributed by atoms with Crippen molar-refractivity contribution >= 4 is 35.3 Å². The van der Waals surface area contributed by atoms with E-state index in [1.807, 2.05) is 21.1 Å². The molecule has 1 rings (SSSR count). The van der Waals surface area contributed by atoms with Crippen molar-refractivity contribution in [3.8, 4) is 0 Å². The molecule has 0 amide bonds. The molecule has 12 heteroatoms. The lowest BCUT2D eigenvalue weighted by Gasteiger charge is -2.22. The van der Waals surface area contributed by atoms with Crippen molar-refractivity contribution in [3.63, 3.8) is 0 Å². The Morgan fingerprint density at radius 1 is 1.18 bits per heavy atom. The van der Waals surface area contributed by atoms with Crippen LogP contribution in [-0.2, 0) is 35.6 Å². The first kappa shape index (κ1) is 31.6. The summed E-state index contributed by atoms with van der Waals surface area (Å²) >= 11 is 0. The highest BCUT2D eigenvalue weighted by molar-refractivity contribution is 7.85. The molecule has 2 N–H and O–H groups in total. The molecule has 0 bridgehead atoms. The van der Waals surface area contributed by atoms with E-state index in [2.05, 4.69) is 17.9 Å². The summed E-state index contributed by atoms with van der Waals surface area (Å²) in [5, 5.41) is 9.53. The van der Waals surface area contributed by atoms with Crippen molar-refractivity contribution < 1.29 is 46.5 Å². The van der Waals surface area contributed by atoms with Gasteiger partial charge in [-0.05, 0) is 18.6 Å². The summed E-state index contributed by atoms with van der Waals surface area (Å²) in [5.74, 6) is -1.08. The number of aliphatic hydroxyl groups is 1. The van der Waals surface area contributed by atoms with Gasteiger partial charge in [-0.3, -0.25) is 4.55 Å². The number of nitrogens with zero attached hydrogens (tertiary/aromatic N) is 1. The molecular formula is C22H33NO9PS+. The molecule has 0 aromatic heterocycles. The minimum atomic E-state index is -4.26. The summed E-state index contributed by atoms with van der Waals surface area (Å²) < 4.78 is 41.2. The van der Waals surface area contributed by atoms with Gasteiger partial charge in [-0.1, -0.05) is 31.4 Å². The molecule has 34 heavy (non-hydrogen) atoms. The molecule has 0 radical (unpaired) electrons. The summed E-state index contributed by atoms with van der Waals surface area (Å²) in [5.41, 5.74) is 0.629. The summed E-state index contributed by atoms with van der Waals surface area (Å²) in [6, 6.07) is 6.00. The van der Waals surface area contributed by atoms with E-state index in [1.54, 1.807) is 12.1 Å². The topological polar surface area (TPSA) is 150 Å². The lowest BCUT2D eigenvalue weighted by molar-refractivity contribution is -0.861. The Morgan fingerprint density at radius 3 is 2.26 bits per heavy atom. The highest BCUT2D eigenvalue weighted by Crippen LogP contribution is 2.16. The summed E-state index contributed by atoms with van der Waals surface area (Å²) in [6.07, 6.45) is 1.39. The van der Waals surface area contributed by atoms with Crippen LogP contribution in [0.5, 0.6) is 0 Å². The van der Waals surface area contributed by atoms with Crippen LogP contribution in [0.15, 0.2) is 54.0 Å². The lowest BCUT2D eigenvalue weighted by atomic mass is 10.2. The molecule has 190 valence electrons. The van der Waals surface area contributed by atoms with Gasteiger partial charge in [0, 0.05) is 18.1 Å². The zero-order chi connectivity index (χ0) is 26.5. The van der Waals surface area contributed by atoms with Crippen molar-refractivity contribution in [2.75, 3.05) is 47.1 Å². The second-order valence-corrected chi connectivity index (χ2v) is 11.2. The third-order valence-corrected chi connectivity index (χ3v) is 6.07. The lowest BCUT2D eigenvalue weighted by Crippen LogP contribution is -2.39. The van der Waals surface area contributed by atoms with E-state index in [4.69, 9.17) is 9.29 Å². The van der Waals surface area contributed by atoms with E-state index < -0.39 is 29.8 Å². The van der Waals surface area contributed by atoms with Crippen LogP contribution in [0.2, 0.25) is 0 Å². The van der Waals surface area contributed by atoms with Gasteiger partial charge in [-0.2, -0.15) is 8.42 Å². The van der Waals surface area contributed by atoms with Crippen LogP contribution in [0.4, 0.5) is 0 Å². The maximum absolute atomic E-state index is 11.5. The molecule has 0 aliphatic carbocycles. The number of benzene rings is 1. The van der Waals surface area contributed by atoms with Crippen molar-refractivity contribution in [2.45, 2.75) is 18.2 Å². The van der Waals surface area contributed by atoms with Gasteiger partial charge in [0.15, 0.2) is 6.54 Å². The number of ether oxygens (including phenoxy) is 2. The predicted octanol–water partition coefficient (Wildman–Crippen LogP) is 1.28. The zero-order valence-corrected chi connectivity index (χ0v) is 21.6. The number of quaternary nitrogens is 1. The average molecular weight is 519 g/mol. The molecular weight excluding hydrogens is 485 g/mol. The summed E-state index contributed by atoms with van der Waals surface area (Å²) in [4.78, 5) is 33.2. The second kappa shape index (κ2) is 14.8. The average Bonchev–Trinajstić information content (AvgIpc) is 2.72. The highest BCUT2D eigenvalue weighted by atomic mass is 32.2. The minimum absolute atomic E-state index is 0.0260. The summed E-state index contributed by atoms with van der Waals surface area (Å²) in [6.45, 7) is 8.57. The van der Waals surface area contributed by atoms with E-state index >= 15 is 0 Å². The molecule has 1 aromatic rings. The van der Waals surface area contributed by atoms with Crippen LogP contribution < -0.4 is 4.89 Å². The fraction of sp³-hybridized carbons (Fsp3) is 0.409. The van der Waals surface area contributed by atoms with Gasteiger partial charge in [-0.15, -0.1) is 0 Å². The first-order valence-electron chi connectivity index (χ1n) is 10.1. The number of carbonyl (C=O) groups is 2. The van der Waals surface area contributed by atoms with E-state index in [0.717, 1.165) is 6.08 Å². The first-order chi connectivity index (χ1) is 15.6. The Kier molecular flexibility index (Phi) is 13.7. The van der Waals surface area contributed by atoms with Crippen molar-refractivity contribution in [3.05, 3.63) is 54.6 Å². The molecule has 10 nitrogen and oxygen atoms in total. The van der Waals surface area contributed by atoms with Crippen molar-refractivity contribution in [1.29, 1.82) is 0 Å². The van der Waals surface area contributed by atoms with Crippen LogP contribution in [0.3, 0.4) is 0 Å². The number of hydrogen-bond acceptors (Lipinski definition) is 7. The van der Waals surface area contributed by atoms with Crippen LogP contribution >= 0.6 is 7.77 Å². The number of hydrogen-bond donors (Lipinski definition) is 2. The van der Waals surface area contributed by atoms with E-state index in [1.165, 1.54) is 19.1 Å². The molecule has 0 heterocycles. The molecule has 0 saturated carbocycles. The number of esters is 2. The largest absolute Gasteiger partial charge is 0.628 e. The van der Waals surface area contributed by atoms with Crippen LogP contribution in [0.25, 0.3) is 0 Å². The quantitative estimate of drug-likeness (QED) is 0.145. The van der Waals surface area contributed by atoms with Crippen LogP contribution in [0.1, 0.15) is 12.5 Å². The van der Waals surface area contributed by atoms with Crippen LogP contribution in [-0.4, -0.2) is 87.0 Å². The fourth-order valence-corrected chi connectivity index (χ4v) is 4.11. The Bertz CT molecular complexity index is 1010. The normalized spacial score (nSPS) is 12.0. The Balaban J connectivity index is 0.000000646. The van der Waals surface area contributed by atoms with Crippen molar-refractivity contribution in [1.82, 2.24) is 0 Å². The Labute approximate surface area is 201 Å². The number of carbonyl (C=O) groups excluding carboxylic acids is 2. The minimum Gasteiger partial charge on any atom is -0.628 e. The zero-order valence-electron chi connectivity index (χ0n) is 19.9. The van der Waals surface area contributed by atoms with Gasteiger partial charge in [0.1, 0.15) is 12.8 Å². The molecule has 0 aliphatic rings. The molecule has 1 aromatic carbocycles. The summed E-state index contributed by atoms with van der Waals surface area (Å²) in [7, 11) is -0.447. The smallest absolute Gasteiger partial charge is 0.333 e. The molecule has 0 saturated heterocycles. The van der Waals surface area contributed by atoms with E-state index in [-0.39, 0.29) is 41.7 Å². The van der Waals surface area contributed by atoms with E-state index in [9.17, 15) is 28.0 Å². The molecule has 1 atom stereocenters. The number of aliphatic hydroxyl groups excluding tert-OH is 1. The second-order valence-electron chi connectivity index (χ2n) is 8.09. The molecule has 0 aliphatic heterocycles. The van der Waals surface area contributed by atoms with Gasteiger partial charge in [0.05, 0.1) is 40.4 Å². The van der Waals surface area contributed by atoms with Gasteiger partial charge in [0.2, 0.25) is 0 Å². The van der Waals surface area contributed by atoms with E-state index in [0.29, 0.717) is 16.6 Å². The maximum atomic E-state index is 11.5. The Hall–Kier alpha value is -2.40. The van der Waals surface area contributed by atoms with Gasteiger partial charge in [0.25, 0.3) is 15.6 Å². The first-order valence-corrected chi connectivity index (χ1v) is 12.9. The fourth-order valence-electron chi connectivity index (χ4n) is 2.26. The monoisotopic (exact) mass is 518 g/mol. The Morgan fingerprint density at radius 2 is 1.76 bits per heavy atom. The van der Waals surface area contributed by atoms with Crippen molar-refractivity contribution in [2.24, 2.45) is 0 Å². The third-order valence-electron chi connectivity index (χ3n) is 3.81.